The van der Waals surface area contributed by atoms with Crippen LogP contribution in [0.3, 0.4) is 0 Å². The maximum atomic E-state index is 12.1. The summed E-state index contributed by atoms with van der Waals surface area (Å²) in [6.45, 7) is 4.72. The zero-order chi connectivity index (χ0) is 16.8. The highest BCUT2D eigenvalue weighted by molar-refractivity contribution is 5.92. The van der Waals surface area contributed by atoms with Crippen molar-refractivity contribution in [3.05, 3.63) is 42.0 Å². The number of carbonyl (C=O) groups is 1. The van der Waals surface area contributed by atoms with Crippen molar-refractivity contribution in [2.45, 2.75) is 13.1 Å². The van der Waals surface area contributed by atoms with E-state index in [-0.39, 0.29) is 37.3 Å². The number of nitrogens with zero attached hydrogens (tertiary/aromatic N) is 4. The lowest BCUT2D eigenvalue weighted by Gasteiger charge is -2.33. The molecule has 144 valence electrons. The van der Waals surface area contributed by atoms with Crippen molar-refractivity contribution >= 4 is 36.4 Å². The van der Waals surface area contributed by atoms with Crippen molar-refractivity contribution in [1.82, 2.24) is 19.9 Å². The Bertz CT molecular complexity index is 662. The number of benzene rings is 1. The molecule has 0 unspecified atom stereocenters. The number of anilines is 1. The quantitative estimate of drug-likeness (QED) is 0.746. The van der Waals surface area contributed by atoms with Crippen LogP contribution in [0.25, 0.3) is 0 Å². The number of nitrogens with two attached hydrogens (primary N) is 1. The van der Waals surface area contributed by atoms with E-state index in [0.29, 0.717) is 24.8 Å². The number of nitrogens with one attached hydrogen (secondary N) is 1. The summed E-state index contributed by atoms with van der Waals surface area (Å²) in [6, 6.07) is 9.51. The van der Waals surface area contributed by atoms with Crippen molar-refractivity contribution in [1.29, 1.82) is 0 Å². The first-order chi connectivity index (χ1) is 11.7. The summed E-state index contributed by atoms with van der Waals surface area (Å²) >= 11 is 0. The van der Waals surface area contributed by atoms with Gasteiger partial charge < -0.3 is 15.6 Å². The first kappa shape index (κ1) is 22.3. The Morgan fingerprint density at radius 2 is 1.77 bits per heavy atom. The molecule has 1 aliphatic rings. The molecule has 1 saturated heterocycles. The van der Waals surface area contributed by atoms with E-state index in [9.17, 15) is 4.79 Å². The Balaban J connectivity index is 0.00000169. The van der Waals surface area contributed by atoms with Crippen LogP contribution in [-0.2, 0) is 17.9 Å². The highest BCUT2D eigenvalue weighted by atomic mass is 35.5. The number of hydrogen-bond acceptors (Lipinski definition) is 7. The van der Waals surface area contributed by atoms with E-state index in [1.807, 2.05) is 30.3 Å². The molecule has 2 heterocycles. The average molecular weight is 403 g/mol. The first-order valence-corrected chi connectivity index (χ1v) is 8.04. The van der Waals surface area contributed by atoms with Gasteiger partial charge in [-0.2, -0.15) is 4.98 Å². The van der Waals surface area contributed by atoms with E-state index in [4.69, 9.17) is 10.3 Å². The SMILES string of the molecule is Cl.Cl.NCc1nc(CN2CCN(CC(=O)Nc3ccccc3)CC2)no1. The van der Waals surface area contributed by atoms with Crippen LogP contribution in [0, 0.1) is 0 Å². The Morgan fingerprint density at radius 1 is 1.12 bits per heavy atom. The minimum atomic E-state index is 0. The van der Waals surface area contributed by atoms with Gasteiger partial charge in [0.25, 0.3) is 0 Å². The van der Waals surface area contributed by atoms with Crippen LogP contribution in [0.4, 0.5) is 5.69 Å². The number of halogens is 2. The minimum Gasteiger partial charge on any atom is -0.338 e. The minimum absolute atomic E-state index is 0. The molecule has 26 heavy (non-hydrogen) atoms. The zero-order valence-corrected chi connectivity index (χ0v) is 16.0. The molecule has 1 aromatic carbocycles. The molecule has 0 bridgehead atoms. The van der Waals surface area contributed by atoms with Crippen molar-refractivity contribution in [2.75, 3.05) is 38.0 Å². The van der Waals surface area contributed by atoms with Crippen LogP contribution in [0.15, 0.2) is 34.9 Å². The first-order valence-electron chi connectivity index (χ1n) is 8.04. The van der Waals surface area contributed by atoms with Gasteiger partial charge in [-0.05, 0) is 12.1 Å². The van der Waals surface area contributed by atoms with E-state index in [0.717, 1.165) is 31.9 Å². The molecule has 0 spiro atoms. The molecule has 10 heteroatoms. The van der Waals surface area contributed by atoms with E-state index in [1.54, 1.807) is 0 Å². The number of carbonyl (C=O) groups excluding carboxylic acids is 1. The summed E-state index contributed by atoms with van der Waals surface area (Å²) < 4.78 is 5.01. The lowest BCUT2D eigenvalue weighted by atomic mass is 10.3. The van der Waals surface area contributed by atoms with Crippen molar-refractivity contribution in [3.8, 4) is 0 Å². The van der Waals surface area contributed by atoms with Gasteiger partial charge in [-0.25, -0.2) is 0 Å². The van der Waals surface area contributed by atoms with E-state index < -0.39 is 0 Å². The lowest BCUT2D eigenvalue weighted by Crippen LogP contribution is -2.48. The van der Waals surface area contributed by atoms with Gasteiger partial charge >= 0.3 is 0 Å². The van der Waals surface area contributed by atoms with Gasteiger partial charge in [0.05, 0.1) is 19.6 Å². The highest BCUT2D eigenvalue weighted by Crippen LogP contribution is 2.08. The van der Waals surface area contributed by atoms with Crippen LogP contribution in [0.5, 0.6) is 0 Å². The van der Waals surface area contributed by atoms with Gasteiger partial charge in [0.1, 0.15) is 0 Å². The summed E-state index contributed by atoms with van der Waals surface area (Å²) in [5.74, 6) is 1.13. The summed E-state index contributed by atoms with van der Waals surface area (Å²) in [7, 11) is 0. The molecule has 2 aromatic rings. The van der Waals surface area contributed by atoms with E-state index >= 15 is 0 Å². The molecular formula is C16H24Cl2N6O2. The van der Waals surface area contributed by atoms with Crippen molar-refractivity contribution in [2.24, 2.45) is 5.73 Å². The van der Waals surface area contributed by atoms with E-state index in [2.05, 4.69) is 25.3 Å². The van der Waals surface area contributed by atoms with Crippen LogP contribution in [0.1, 0.15) is 11.7 Å². The molecule has 0 atom stereocenters. The molecule has 1 aromatic heterocycles. The fraction of sp³-hybridized carbons (Fsp3) is 0.438. The third kappa shape index (κ3) is 6.54. The fourth-order valence-corrected chi connectivity index (χ4v) is 2.67. The van der Waals surface area contributed by atoms with Gasteiger partial charge in [0.15, 0.2) is 5.82 Å². The van der Waals surface area contributed by atoms with Crippen LogP contribution in [0.2, 0.25) is 0 Å². The Labute approximate surface area is 164 Å². The molecule has 0 radical (unpaired) electrons. The predicted octanol–water partition coefficient (Wildman–Crippen LogP) is 1.13. The second kappa shape index (κ2) is 11.1. The van der Waals surface area contributed by atoms with Gasteiger partial charge in [0, 0.05) is 31.9 Å². The lowest BCUT2D eigenvalue weighted by molar-refractivity contribution is -0.117. The van der Waals surface area contributed by atoms with Crippen LogP contribution >= 0.6 is 24.8 Å². The Kier molecular flexibility index (Phi) is 9.53. The Morgan fingerprint density at radius 3 is 2.38 bits per heavy atom. The topological polar surface area (TPSA) is 101 Å². The molecular weight excluding hydrogens is 379 g/mol. The zero-order valence-electron chi connectivity index (χ0n) is 14.3. The Hall–Kier alpha value is -1.71. The number of para-hydroxylation sites is 1. The molecule has 3 N–H and O–H groups in total. The molecule has 1 aliphatic heterocycles. The number of hydrogen-bond donors (Lipinski definition) is 2. The number of amides is 1. The van der Waals surface area contributed by atoms with Crippen molar-refractivity contribution in [3.63, 3.8) is 0 Å². The second-order valence-electron chi connectivity index (χ2n) is 5.77. The normalized spacial score (nSPS) is 15.0. The monoisotopic (exact) mass is 402 g/mol. The maximum absolute atomic E-state index is 12.1. The van der Waals surface area contributed by atoms with Gasteiger partial charge in [-0.3, -0.25) is 14.6 Å². The van der Waals surface area contributed by atoms with Crippen LogP contribution in [-0.4, -0.2) is 58.6 Å². The molecule has 1 fully saturated rings. The van der Waals surface area contributed by atoms with Crippen LogP contribution < -0.4 is 11.1 Å². The second-order valence-corrected chi connectivity index (χ2v) is 5.77. The third-order valence-corrected chi connectivity index (χ3v) is 3.94. The molecule has 3 rings (SSSR count). The molecule has 0 saturated carbocycles. The summed E-state index contributed by atoms with van der Waals surface area (Å²) in [5, 5.41) is 6.82. The summed E-state index contributed by atoms with van der Waals surface area (Å²) in [6.07, 6.45) is 0. The van der Waals surface area contributed by atoms with Gasteiger partial charge in [-0.1, -0.05) is 23.4 Å². The fourth-order valence-electron chi connectivity index (χ4n) is 2.67. The van der Waals surface area contributed by atoms with Crippen molar-refractivity contribution < 1.29 is 9.32 Å². The average Bonchev–Trinajstić information content (AvgIpc) is 3.05. The molecule has 1 amide bonds. The molecule has 8 nitrogen and oxygen atoms in total. The highest BCUT2D eigenvalue weighted by Gasteiger charge is 2.20. The number of rotatable bonds is 6. The summed E-state index contributed by atoms with van der Waals surface area (Å²) in [4.78, 5) is 20.7. The number of piperazine rings is 1. The summed E-state index contributed by atoms with van der Waals surface area (Å²) in [5.41, 5.74) is 6.29. The van der Waals surface area contributed by atoms with Gasteiger partial charge in [-0.15, -0.1) is 24.8 Å². The van der Waals surface area contributed by atoms with Gasteiger partial charge in [0.2, 0.25) is 11.8 Å². The van der Waals surface area contributed by atoms with E-state index in [1.165, 1.54) is 0 Å². The standard InChI is InChI=1S/C16H22N6O2.2ClH/c17-10-16-19-14(20-24-16)11-21-6-8-22(9-7-21)12-15(23)18-13-4-2-1-3-5-13;;/h1-5H,6-12,17H2,(H,18,23);2*1H. The number of aromatic nitrogens is 2. The predicted molar refractivity (Wildman–Crippen MR) is 103 cm³/mol. The maximum Gasteiger partial charge on any atom is 0.240 e. The smallest absolute Gasteiger partial charge is 0.240 e. The largest absolute Gasteiger partial charge is 0.338 e. The third-order valence-electron chi connectivity index (χ3n) is 3.94. The molecule has 0 aliphatic carbocycles.